The van der Waals surface area contributed by atoms with Crippen LogP contribution >= 0.6 is 0 Å². The van der Waals surface area contributed by atoms with Crippen LogP contribution in [0.25, 0.3) is 10.8 Å². The third-order valence-corrected chi connectivity index (χ3v) is 4.94. The first kappa shape index (κ1) is 25.0. The van der Waals surface area contributed by atoms with Gasteiger partial charge < -0.3 is 28.4 Å². The largest absolute Gasteiger partial charge is 0.463 e. The Balaban J connectivity index is 2.03. The van der Waals surface area contributed by atoms with E-state index in [-0.39, 0.29) is 6.61 Å². The third kappa shape index (κ3) is 6.22. The first-order valence-electron chi connectivity index (χ1n) is 10.6. The lowest BCUT2D eigenvalue weighted by Crippen LogP contribution is -2.63. The molecule has 10 nitrogen and oxygen atoms in total. The minimum absolute atomic E-state index is 0.326. The fourth-order valence-corrected chi connectivity index (χ4v) is 3.71. The number of hydrogen-bond acceptors (Lipinski definition) is 10. The number of fused-ring (bicyclic) bond motifs is 1. The van der Waals surface area contributed by atoms with Crippen LogP contribution in [0.4, 0.5) is 0 Å². The van der Waals surface area contributed by atoms with Crippen LogP contribution in [0.15, 0.2) is 42.5 Å². The summed E-state index contributed by atoms with van der Waals surface area (Å²) in [6, 6.07) is 12.8. The Morgan fingerprint density at radius 2 is 1.32 bits per heavy atom. The van der Waals surface area contributed by atoms with Crippen LogP contribution < -0.4 is 4.74 Å². The summed E-state index contributed by atoms with van der Waals surface area (Å²) in [7, 11) is 0. The van der Waals surface area contributed by atoms with Crippen molar-refractivity contribution in [2.45, 2.75) is 58.4 Å². The molecule has 0 aromatic heterocycles. The van der Waals surface area contributed by atoms with Crippen molar-refractivity contribution < 1.29 is 47.6 Å². The average Bonchev–Trinajstić information content (AvgIpc) is 2.75. The van der Waals surface area contributed by atoms with E-state index in [0.717, 1.165) is 24.6 Å². The van der Waals surface area contributed by atoms with Crippen LogP contribution in [0.3, 0.4) is 0 Å². The second kappa shape index (κ2) is 11.0. The Bertz CT molecular complexity index is 1060. The number of carbonyl (C=O) groups is 4. The first-order valence-corrected chi connectivity index (χ1v) is 10.6. The van der Waals surface area contributed by atoms with Crippen LogP contribution in [0.2, 0.25) is 0 Å². The number of esters is 4. The van der Waals surface area contributed by atoms with E-state index in [0.29, 0.717) is 5.75 Å². The Morgan fingerprint density at radius 3 is 1.97 bits per heavy atom. The van der Waals surface area contributed by atoms with Crippen LogP contribution in [0, 0.1) is 0 Å². The molecule has 0 radical (unpaired) electrons. The summed E-state index contributed by atoms with van der Waals surface area (Å²) < 4.78 is 33.4. The highest BCUT2D eigenvalue weighted by molar-refractivity contribution is 5.88. The van der Waals surface area contributed by atoms with Gasteiger partial charge in [-0.3, -0.25) is 19.2 Å². The maximum atomic E-state index is 11.9. The summed E-state index contributed by atoms with van der Waals surface area (Å²) in [4.78, 5) is 47.1. The quantitative estimate of drug-likeness (QED) is 0.436. The number of carbonyl (C=O) groups excluding carboxylic acids is 4. The second-order valence-electron chi connectivity index (χ2n) is 7.66. The maximum absolute atomic E-state index is 11.9. The summed E-state index contributed by atoms with van der Waals surface area (Å²) in [5, 5.41) is 1.66. The molecule has 0 bridgehead atoms. The molecule has 2 aromatic carbocycles. The minimum Gasteiger partial charge on any atom is -0.463 e. The Morgan fingerprint density at radius 1 is 0.735 bits per heavy atom. The van der Waals surface area contributed by atoms with Gasteiger partial charge >= 0.3 is 23.9 Å². The molecule has 0 N–H and O–H groups in total. The first-order chi connectivity index (χ1) is 16.2. The molecule has 1 heterocycles. The van der Waals surface area contributed by atoms with Crippen molar-refractivity contribution in [2.24, 2.45) is 0 Å². The van der Waals surface area contributed by atoms with Gasteiger partial charge in [0.2, 0.25) is 12.4 Å². The molecule has 10 heteroatoms. The molecule has 0 amide bonds. The number of rotatable bonds is 7. The fraction of sp³-hybridized carbons (Fsp3) is 0.417. The standard InChI is InChI=1S/C24H26O10/c1-13(25)29-12-20-21(30-14(2)26)22(31-15(3)27)23(32-16(4)28)24(34-20)33-19-11-7-9-17-8-5-6-10-18(17)19/h5-11,20-24H,12H2,1-4H3/t20-,21-,22+,23-,24+/m0/s1. The van der Waals surface area contributed by atoms with Crippen molar-refractivity contribution >= 4 is 34.6 Å². The van der Waals surface area contributed by atoms with Gasteiger partial charge in [-0.1, -0.05) is 36.4 Å². The molecule has 1 fully saturated rings. The Kier molecular flexibility index (Phi) is 8.06. The molecule has 2 aromatic rings. The fourth-order valence-electron chi connectivity index (χ4n) is 3.71. The molecule has 1 aliphatic rings. The molecule has 1 saturated heterocycles. The van der Waals surface area contributed by atoms with E-state index in [2.05, 4.69) is 0 Å². The highest BCUT2D eigenvalue weighted by Crippen LogP contribution is 2.33. The summed E-state index contributed by atoms with van der Waals surface area (Å²) >= 11 is 0. The lowest BCUT2D eigenvalue weighted by atomic mass is 9.98. The van der Waals surface area contributed by atoms with Crippen molar-refractivity contribution in [1.82, 2.24) is 0 Å². The zero-order valence-corrected chi connectivity index (χ0v) is 19.2. The SMILES string of the molecule is CC(=O)OC[C@@H]1O[C@@H](Oc2cccc3ccccc23)[C@@H](OC(C)=O)[C@H](OC(C)=O)[C@H]1OC(C)=O. The summed E-state index contributed by atoms with van der Waals surface area (Å²) in [5.74, 6) is -2.29. The summed E-state index contributed by atoms with van der Waals surface area (Å²) in [6.07, 6.45) is -6.19. The Labute approximate surface area is 196 Å². The van der Waals surface area contributed by atoms with Crippen molar-refractivity contribution in [1.29, 1.82) is 0 Å². The highest BCUT2D eigenvalue weighted by Gasteiger charge is 2.53. The highest BCUT2D eigenvalue weighted by atomic mass is 16.7. The molecule has 0 saturated carbocycles. The van der Waals surface area contributed by atoms with E-state index in [1.165, 1.54) is 13.8 Å². The molecule has 0 unspecified atom stereocenters. The zero-order valence-electron chi connectivity index (χ0n) is 19.2. The van der Waals surface area contributed by atoms with E-state index in [9.17, 15) is 19.2 Å². The van der Waals surface area contributed by atoms with Crippen LogP contribution in [-0.2, 0) is 42.9 Å². The second-order valence-corrected chi connectivity index (χ2v) is 7.66. The van der Waals surface area contributed by atoms with E-state index in [1.54, 1.807) is 12.1 Å². The van der Waals surface area contributed by atoms with Gasteiger partial charge in [0.15, 0.2) is 12.2 Å². The number of ether oxygens (including phenoxy) is 6. The third-order valence-electron chi connectivity index (χ3n) is 4.94. The summed E-state index contributed by atoms with van der Waals surface area (Å²) in [6.45, 7) is 4.37. The molecule has 0 aliphatic carbocycles. The van der Waals surface area contributed by atoms with Gasteiger partial charge in [0.1, 0.15) is 18.5 Å². The predicted molar refractivity (Wildman–Crippen MR) is 117 cm³/mol. The van der Waals surface area contributed by atoms with Crippen LogP contribution in [0.1, 0.15) is 27.7 Å². The number of hydrogen-bond donors (Lipinski definition) is 0. The smallest absolute Gasteiger partial charge is 0.303 e. The van der Waals surface area contributed by atoms with Crippen molar-refractivity contribution in [3.05, 3.63) is 42.5 Å². The van der Waals surface area contributed by atoms with Gasteiger partial charge in [0, 0.05) is 33.1 Å². The van der Waals surface area contributed by atoms with E-state index in [1.807, 2.05) is 30.3 Å². The van der Waals surface area contributed by atoms with Gasteiger partial charge in [-0.15, -0.1) is 0 Å². The van der Waals surface area contributed by atoms with Crippen LogP contribution in [-0.4, -0.2) is 61.2 Å². The lowest BCUT2D eigenvalue weighted by molar-refractivity contribution is -0.288. The summed E-state index contributed by atoms with van der Waals surface area (Å²) in [5.41, 5.74) is 0. The topological polar surface area (TPSA) is 124 Å². The molecular weight excluding hydrogens is 448 g/mol. The normalized spacial score (nSPS) is 24.1. The van der Waals surface area contributed by atoms with Crippen molar-refractivity contribution in [3.8, 4) is 5.75 Å². The average molecular weight is 474 g/mol. The van der Waals surface area contributed by atoms with Crippen molar-refractivity contribution in [2.75, 3.05) is 6.61 Å². The Hall–Kier alpha value is -3.66. The van der Waals surface area contributed by atoms with Crippen LogP contribution in [0.5, 0.6) is 5.75 Å². The molecule has 5 atom stereocenters. The maximum Gasteiger partial charge on any atom is 0.303 e. The zero-order chi connectivity index (χ0) is 24.8. The van der Waals surface area contributed by atoms with Gasteiger partial charge in [0.25, 0.3) is 0 Å². The molecule has 34 heavy (non-hydrogen) atoms. The van der Waals surface area contributed by atoms with E-state index in [4.69, 9.17) is 28.4 Å². The number of benzene rings is 2. The van der Waals surface area contributed by atoms with E-state index >= 15 is 0 Å². The predicted octanol–water partition coefficient (Wildman–Crippen LogP) is 2.30. The minimum atomic E-state index is -1.29. The van der Waals surface area contributed by atoms with Gasteiger partial charge in [-0.25, -0.2) is 0 Å². The monoisotopic (exact) mass is 474 g/mol. The van der Waals surface area contributed by atoms with Gasteiger partial charge in [-0.05, 0) is 11.5 Å². The van der Waals surface area contributed by atoms with Gasteiger partial charge in [-0.2, -0.15) is 0 Å². The molecular formula is C24H26O10. The molecule has 3 rings (SSSR count). The van der Waals surface area contributed by atoms with Gasteiger partial charge in [0.05, 0.1) is 0 Å². The lowest BCUT2D eigenvalue weighted by Gasteiger charge is -2.44. The molecule has 1 aliphatic heterocycles. The van der Waals surface area contributed by atoms with E-state index < -0.39 is 54.6 Å². The molecule has 0 spiro atoms. The molecule has 182 valence electrons. The van der Waals surface area contributed by atoms with Crippen molar-refractivity contribution in [3.63, 3.8) is 0 Å².